The number of nitrogens with one attached hydrogen (secondary N) is 2. The molecule has 1 aliphatic heterocycles. The van der Waals surface area contributed by atoms with E-state index in [9.17, 15) is 31.2 Å². The molecule has 2 amide bonds. The summed E-state index contributed by atoms with van der Waals surface area (Å²) in [7, 11) is -6.78. The first-order valence-electron chi connectivity index (χ1n) is 9.33. The van der Waals surface area contributed by atoms with Crippen LogP contribution in [0.15, 0.2) is 14.5 Å². The maximum Gasteiger partial charge on any atom is 0.303 e. The lowest BCUT2D eigenvalue weighted by Crippen LogP contribution is -2.41. The molecular formula is C17H25N3O8S3. The van der Waals surface area contributed by atoms with E-state index in [-0.39, 0.29) is 14.5 Å². The fraction of sp³-hybridized carbons (Fsp3) is 0.588. The highest BCUT2D eigenvalue weighted by molar-refractivity contribution is 7.95. The van der Waals surface area contributed by atoms with Gasteiger partial charge in [-0.25, -0.2) is 21.6 Å². The number of hydrogen-bond donors (Lipinski definition) is 2. The fourth-order valence-electron chi connectivity index (χ4n) is 2.98. The highest BCUT2D eigenvalue weighted by atomic mass is 32.3. The lowest BCUT2D eigenvalue weighted by atomic mass is 10.1. The van der Waals surface area contributed by atoms with Gasteiger partial charge in [0.05, 0.1) is 5.25 Å². The van der Waals surface area contributed by atoms with E-state index < -0.39 is 56.0 Å². The molecule has 0 fully saturated rings. The van der Waals surface area contributed by atoms with Gasteiger partial charge in [0.1, 0.15) is 15.0 Å². The van der Waals surface area contributed by atoms with Crippen LogP contribution in [0.25, 0.3) is 0 Å². The maximum atomic E-state index is 12.7. The van der Waals surface area contributed by atoms with Gasteiger partial charge < -0.3 is 15.0 Å². The molecule has 0 aromatic carbocycles. The van der Waals surface area contributed by atoms with E-state index in [2.05, 4.69) is 10.1 Å². The van der Waals surface area contributed by atoms with E-state index in [1.807, 2.05) is 11.6 Å². The van der Waals surface area contributed by atoms with Crippen molar-refractivity contribution in [2.45, 2.75) is 46.9 Å². The van der Waals surface area contributed by atoms with E-state index in [0.29, 0.717) is 29.9 Å². The number of sulfone groups is 1. The minimum absolute atomic E-state index is 0.0290. The molecule has 1 aromatic heterocycles. The average molecular weight is 496 g/mol. The van der Waals surface area contributed by atoms with Crippen LogP contribution in [0.5, 0.6) is 0 Å². The zero-order chi connectivity index (χ0) is 23.6. The van der Waals surface area contributed by atoms with Gasteiger partial charge in [0.2, 0.25) is 0 Å². The largest absolute Gasteiger partial charge is 0.456 e. The number of sulfonamides is 1. The third-order valence-electron chi connectivity index (χ3n) is 4.60. The lowest BCUT2D eigenvalue weighted by Gasteiger charge is -2.27. The Morgan fingerprint density at radius 3 is 2.55 bits per heavy atom. The van der Waals surface area contributed by atoms with Gasteiger partial charge in [0.25, 0.3) is 21.8 Å². The molecular weight excluding hydrogens is 470 g/mol. The summed E-state index contributed by atoms with van der Waals surface area (Å²) >= 11 is 0.592. The number of hydrogen-bond acceptors (Lipinski definition) is 10. The molecule has 1 aromatic rings. The van der Waals surface area contributed by atoms with Gasteiger partial charge >= 0.3 is 5.97 Å². The zero-order valence-corrected chi connectivity index (χ0v) is 19.9. The molecule has 0 saturated heterocycles. The van der Waals surface area contributed by atoms with Crippen molar-refractivity contribution in [2.75, 3.05) is 26.7 Å². The topological polar surface area (TPSA) is 156 Å². The molecule has 14 heteroatoms. The van der Waals surface area contributed by atoms with E-state index in [0.717, 1.165) is 11.8 Å². The van der Waals surface area contributed by atoms with Crippen LogP contribution < -0.4 is 10.0 Å². The maximum absolute atomic E-state index is 12.7. The smallest absolute Gasteiger partial charge is 0.303 e. The molecule has 0 aliphatic carbocycles. The van der Waals surface area contributed by atoms with Crippen molar-refractivity contribution in [2.24, 2.45) is 0 Å². The Hall–Kier alpha value is -2.03. The molecule has 0 spiro atoms. The predicted octanol–water partition coefficient (Wildman–Crippen LogP) is -0.209. The second-order valence-corrected chi connectivity index (χ2v) is 12.6. The van der Waals surface area contributed by atoms with Crippen LogP contribution in [-0.4, -0.2) is 71.5 Å². The second-order valence-electron chi connectivity index (χ2n) is 7.07. The van der Waals surface area contributed by atoms with Crippen LogP contribution in [0.2, 0.25) is 0 Å². The first-order chi connectivity index (χ1) is 14.3. The molecule has 0 saturated carbocycles. The van der Waals surface area contributed by atoms with Crippen LogP contribution in [0, 0.1) is 0 Å². The molecule has 0 radical (unpaired) electrons. The Kier molecular flexibility index (Phi) is 7.84. The van der Waals surface area contributed by atoms with Crippen LogP contribution in [0.3, 0.4) is 0 Å². The number of ether oxygens (including phenoxy) is 1. The Bertz CT molecular complexity index is 1080. The summed E-state index contributed by atoms with van der Waals surface area (Å²) in [4.78, 5) is 35.6. The average Bonchev–Trinajstić information content (AvgIpc) is 3.11. The van der Waals surface area contributed by atoms with E-state index in [1.165, 1.54) is 13.1 Å². The van der Waals surface area contributed by atoms with Crippen molar-refractivity contribution < 1.29 is 36.0 Å². The summed E-state index contributed by atoms with van der Waals surface area (Å²) in [5, 5.41) is 2.48. The summed E-state index contributed by atoms with van der Waals surface area (Å²) in [5.74, 6) is -2.36. The number of esters is 1. The summed E-state index contributed by atoms with van der Waals surface area (Å²) in [6.45, 7) is 3.94. The molecule has 11 nitrogen and oxygen atoms in total. The number of carbonyl (C=O) groups is 3. The van der Waals surface area contributed by atoms with Crippen molar-refractivity contribution in [3.63, 3.8) is 0 Å². The Balaban J connectivity index is 2.20. The molecule has 0 bridgehead atoms. The number of carbonyl (C=O) groups excluding carboxylic acids is 3. The number of rotatable bonds is 8. The molecule has 2 heterocycles. The van der Waals surface area contributed by atoms with E-state index in [4.69, 9.17) is 0 Å². The summed E-state index contributed by atoms with van der Waals surface area (Å²) < 4.78 is 56.7. The minimum atomic E-state index is -4.35. The van der Waals surface area contributed by atoms with Crippen LogP contribution in [-0.2, 0) is 39.0 Å². The standard InChI is InChI=1S/C17H25N3O8S3/c1-5-18-13-6-10(2)30(24,25)17-12(13)7-16(29-17)31(26,27)19-14(22)8-20(4)15(23)9-28-11(3)21/h7,10,13,18H,5-6,8-9H2,1-4H3,(H,19,22)/t10-,13-/m0/s1. The van der Waals surface area contributed by atoms with Crippen molar-refractivity contribution in [3.05, 3.63) is 11.6 Å². The number of thiophene rings is 1. The van der Waals surface area contributed by atoms with E-state index in [1.54, 1.807) is 6.92 Å². The quantitative estimate of drug-likeness (QED) is 0.466. The monoisotopic (exact) mass is 495 g/mol. The number of amides is 2. The molecule has 2 rings (SSSR count). The van der Waals surface area contributed by atoms with Crippen LogP contribution in [0.4, 0.5) is 0 Å². The SMILES string of the molecule is CCN[C@H]1C[C@H](C)S(=O)(=O)c2sc(S(=O)(=O)NC(=O)CN(C)C(=O)COC(C)=O)cc21. The summed E-state index contributed by atoms with van der Waals surface area (Å²) in [5.41, 5.74) is 0.367. The van der Waals surface area contributed by atoms with Crippen LogP contribution >= 0.6 is 11.3 Å². The van der Waals surface area contributed by atoms with Crippen molar-refractivity contribution in [1.29, 1.82) is 0 Å². The van der Waals surface area contributed by atoms with Gasteiger partial charge in [0, 0.05) is 25.6 Å². The fourth-order valence-corrected chi connectivity index (χ4v) is 7.96. The van der Waals surface area contributed by atoms with Gasteiger partial charge in [-0.2, -0.15) is 0 Å². The number of likely N-dealkylation sites (N-methyl/N-ethyl adjacent to an activating group) is 1. The second kappa shape index (κ2) is 9.63. The number of nitrogens with zero attached hydrogens (tertiary/aromatic N) is 1. The minimum Gasteiger partial charge on any atom is -0.456 e. The van der Waals surface area contributed by atoms with Crippen molar-refractivity contribution in [3.8, 4) is 0 Å². The summed E-state index contributed by atoms with van der Waals surface area (Å²) in [6, 6.07) is 0.946. The van der Waals surface area contributed by atoms with Crippen molar-refractivity contribution >= 4 is 49.0 Å². The highest BCUT2D eigenvalue weighted by Gasteiger charge is 2.39. The number of fused-ring (bicyclic) bond motifs is 1. The molecule has 1 aliphatic rings. The van der Waals surface area contributed by atoms with Gasteiger partial charge in [-0.05, 0) is 26.0 Å². The molecule has 0 unspecified atom stereocenters. The highest BCUT2D eigenvalue weighted by Crippen LogP contribution is 2.42. The third kappa shape index (κ3) is 5.81. The Morgan fingerprint density at radius 2 is 1.97 bits per heavy atom. The molecule has 31 heavy (non-hydrogen) atoms. The third-order valence-corrected chi connectivity index (χ3v) is 10.3. The van der Waals surface area contributed by atoms with Crippen molar-refractivity contribution in [1.82, 2.24) is 14.9 Å². The Morgan fingerprint density at radius 1 is 1.32 bits per heavy atom. The Labute approximate surface area is 185 Å². The van der Waals surface area contributed by atoms with Gasteiger partial charge in [-0.1, -0.05) is 6.92 Å². The molecule has 174 valence electrons. The zero-order valence-electron chi connectivity index (χ0n) is 17.5. The first kappa shape index (κ1) is 25.2. The lowest BCUT2D eigenvalue weighted by molar-refractivity contribution is -0.150. The van der Waals surface area contributed by atoms with E-state index >= 15 is 0 Å². The molecule has 2 N–H and O–H groups in total. The molecule has 2 atom stereocenters. The predicted molar refractivity (Wildman–Crippen MR) is 112 cm³/mol. The summed E-state index contributed by atoms with van der Waals surface area (Å²) in [6.07, 6.45) is 0.307. The van der Waals surface area contributed by atoms with Gasteiger partial charge in [-0.15, -0.1) is 11.3 Å². The first-order valence-corrected chi connectivity index (χ1v) is 13.2. The van der Waals surface area contributed by atoms with Crippen LogP contribution in [0.1, 0.15) is 38.8 Å². The normalized spacial score (nSPS) is 19.9. The van der Waals surface area contributed by atoms with Gasteiger partial charge in [0.15, 0.2) is 16.4 Å². The van der Waals surface area contributed by atoms with Gasteiger partial charge in [-0.3, -0.25) is 14.4 Å².